The Balaban J connectivity index is 2.17. The van der Waals surface area contributed by atoms with Crippen molar-refractivity contribution in [1.29, 1.82) is 0 Å². The third-order valence-electron chi connectivity index (χ3n) is 2.53. The topological polar surface area (TPSA) is 43.9 Å². The van der Waals surface area contributed by atoms with Crippen molar-refractivity contribution < 1.29 is 4.52 Å². The molecule has 16 heavy (non-hydrogen) atoms. The summed E-state index contributed by atoms with van der Waals surface area (Å²) in [6.07, 6.45) is 1.99. The Labute approximate surface area is 92.5 Å². The van der Waals surface area contributed by atoms with Crippen LogP contribution >= 0.6 is 0 Å². The van der Waals surface area contributed by atoms with E-state index in [1.165, 1.54) is 0 Å². The minimum atomic E-state index is 0.795. The predicted molar refractivity (Wildman–Crippen MR) is 60.9 cm³/mol. The monoisotopic (exact) mass is 213 g/mol. The van der Waals surface area contributed by atoms with Crippen LogP contribution in [0.2, 0.25) is 0 Å². The number of hydrogen-bond donors (Lipinski definition) is 0. The summed E-state index contributed by atoms with van der Waals surface area (Å²) >= 11 is 0. The Morgan fingerprint density at radius 1 is 1.25 bits per heavy atom. The molecular formula is C12H11N3O. The Morgan fingerprint density at radius 2 is 2.12 bits per heavy atom. The lowest BCUT2D eigenvalue weighted by Crippen LogP contribution is -1.84. The molecule has 0 fully saturated rings. The van der Waals surface area contributed by atoms with Crippen molar-refractivity contribution >= 4 is 10.9 Å². The van der Waals surface area contributed by atoms with Crippen molar-refractivity contribution in [2.75, 3.05) is 0 Å². The average Bonchev–Trinajstić information content (AvgIpc) is 2.81. The smallest absolute Gasteiger partial charge is 0.167 e. The van der Waals surface area contributed by atoms with Gasteiger partial charge in [0.2, 0.25) is 0 Å². The standard InChI is InChI=1S/C12H11N3O/c1-8-5-12(16-14-8)9-3-4-11-10(6-9)7-15(2)13-11/h3-7H,1-2H3. The summed E-state index contributed by atoms with van der Waals surface area (Å²) < 4.78 is 7.03. The average molecular weight is 213 g/mol. The molecule has 0 spiro atoms. The Bertz CT molecular complexity index is 651. The fraction of sp³-hybridized carbons (Fsp3) is 0.167. The second-order valence-corrected chi connectivity index (χ2v) is 3.91. The molecule has 80 valence electrons. The van der Waals surface area contributed by atoms with Crippen molar-refractivity contribution in [2.45, 2.75) is 6.92 Å². The van der Waals surface area contributed by atoms with E-state index in [0.29, 0.717) is 0 Å². The van der Waals surface area contributed by atoms with Gasteiger partial charge in [0.15, 0.2) is 5.76 Å². The zero-order valence-electron chi connectivity index (χ0n) is 9.14. The normalized spacial score (nSPS) is 11.1. The highest BCUT2D eigenvalue weighted by molar-refractivity contribution is 5.83. The molecule has 0 radical (unpaired) electrons. The van der Waals surface area contributed by atoms with Crippen molar-refractivity contribution in [3.8, 4) is 11.3 Å². The number of aryl methyl sites for hydroxylation is 2. The van der Waals surface area contributed by atoms with E-state index in [1.807, 2.05) is 38.4 Å². The van der Waals surface area contributed by atoms with E-state index in [4.69, 9.17) is 4.52 Å². The highest BCUT2D eigenvalue weighted by Gasteiger charge is 2.06. The molecule has 2 heterocycles. The molecule has 0 amide bonds. The first-order valence-corrected chi connectivity index (χ1v) is 5.09. The zero-order chi connectivity index (χ0) is 11.1. The maximum absolute atomic E-state index is 5.23. The van der Waals surface area contributed by atoms with Crippen molar-refractivity contribution in [3.63, 3.8) is 0 Å². The first-order valence-electron chi connectivity index (χ1n) is 5.09. The SMILES string of the molecule is Cc1cc(-c2ccc3nn(C)cc3c2)on1. The molecule has 0 aliphatic heterocycles. The predicted octanol–water partition coefficient (Wildman–Crippen LogP) is 2.54. The molecule has 3 rings (SSSR count). The molecule has 3 aromatic rings. The summed E-state index contributed by atoms with van der Waals surface area (Å²) in [6, 6.07) is 7.97. The van der Waals surface area contributed by atoms with Gasteiger partial charge in [-0.15, -0.1) is 0 Å². The molecule has 0 N–H and O–H groups in total. The van der Waals surface area contributed by atoms with Gasteiger partial charge in [0.25, 0.3) is 0 Å². The van der Waals surface area contributed by atoms with E-state index in [1.54, 1.807) is 4.68 Å². The van der Waals surface area contributed by atoms with Gasteiger partial charge >= 0.3 is 0 Å². The zero-order valence-corrected chi connectivity index (χ0v) is 9.14. The van der Waals surface area contributed by atoms with Gasteiger partial charge in [-0.25, -0.2) is 0 Å². The van der Waals surface area contributed by atoms with Gasteiger partial charge in [-0.05, 0) is 25.1 Å². The number of hydrogen-bond acceptors (Lipinski definition) is 3. The minimum absolute atomic E-state index is 0.795. The van der Waals surface area contributed by atoms with E-state index in [-0.39, 0.29) is 0 Å². The van der Waals surface area contributed by atoms with E-state index >= 15 is 0 Å². The van der Waals surface area contributed by atoms with Crippen LogP contribution < -0.4 is 0 Å². The fourth-order valence-corrected chi connectivity index (χ4v) is 1.80. The molecule has 0 aliphatic rings. The molecule has 0 saturated carbocycles. The quantitative estimate of drug-likeness (QED) is 0.624. The van der Waals surface area contributed by atoms with E-state index in [0.717, 1.165) is 27.9 Å². The fourth-order valence-electron chi connectivity index (χ4n) is 1.80. The van der Waals surface area contributed by atoms with Crippen LogP contribution in [-0.4, -0.2) is 14.9 Å². The van der Waals surface area contributed by atoms with Gasteiger partial charge in [0, 0.05) is 30.3 Å². The molecular weight excluding hydrogens is 202 g/mol. The number of fused-ring (bicyclic) bond motifs is 1. The first-order chi connectivity index (χ1) is 7.72. The van der Waals surface area contributed by atoms with Gasteiger partial charge in [-0.2, -0.15) is 5.10 Å². The number of benzene rings is 1. The molecule has 0 saturated heterocycles. The number of nitrogens with zero attached hydrogens (tertiary/aromatic N) is 3. The highest BCUT2D eigenvalue weighted by atomic mass is 16.5. The van der Waals surface area contributed by atoms with Gasteiger partial charge in [-0.1, -0.05) is 5.16 Å². The summed E-state index contributed by atoms with van der Waals surface area (Å²) in [7, 11) is 1.91. The number of rotatable bonds is 1. The lowest BCUT2D eigenvalue weighted by molar-refractivity contribution is 0.427. The maximum Gasteiger partial charge on any atom is 0.167 e. The van der Waals surface area contributed by atoms with E-state index < -0.39 is 0 Å². The largest absolute Gasteiger partial charge is 0.356 e. The molecule has 0 unspecified atom stereocenters. The van der Waals surface area contributed by atoms with Crippen LogP contribution in [0.15, 0.2) is 35.0 Å². The summed E-state index contributed by atoms with van der Waals surface area (Å²) in [5.74, 6) is 0.795. The number of aromatic nitrogens is 3. The van der Waals surface area contributed by atoms with Gasteiger partial charge in [0.1, 0.15) is 0 Å². The van der Waals surface area contributed by atoms with Gasteiger partial charge < -0.3 is 4.52 Å². The Kier molecular flexibility index (Phi) is 1.83. The second kappa shape index (κ2) is 3.20. The van der Waals surface area contributed by atoms with E-state index in [2.05, 4.69) is 16.3 Å². The van der Waals surface area contributed by atoms with Crippen LogP contribution in [0.3, 0.4) is 0 Å². The maximum atomic E-state index is 5.23. The molecule has 0 aliphatic carbocycles. The lowest BCUT2D eigenvalue weighted by Gasteiger charge is -1.94. The van der Waals surface area contributed by atoms with Crippen LogP contribution in [-0.2, 0) is 7.05 Å². The Hall–Kier alpha value is -2.10. The minimum Gasteiger partial charge on any atom is -0.356 e. The van der Waals surface area contributed by atoms with Crippen LogP contribution in [0.4, 0.5) is 0 Å². The molecule has 0 atom stereocenters. The summed E-state index contributed by atoms with van der Waals surface area (Å²) in [5.41, 5.74) is 2.91. The van der Waals surface area contributed by atoms with Crippen LogP contribution in [0.1, 0.15) is 5.69 Å². The van der Waals surface area contributed by atoms with Crippen molar-refractivity contribution in [1.82, 2.24) is 14.9 Å². The molecule has 4 heteroatoms. The van der Waals surface area contributed by atoms with Crippen molar-refractivity contribution in [3.05, 3.63) is 36.2 Å². The third kappa shape index (κ3) is 1.39. The third-order valence-corrected chi connectivity index (χ3v) is 2.53. The summed E-state index contributed by atoms with van der Waals surface area (Å²) in [6.45, 7) is 1.91. The van der Waals surface area contributed by atoms with E-state index in [9.17, 15) is 0 Å². The van der Waals surface area contributed by atoms with Crippen LogP contribution in [0, 0.1) is 6.92 Å². The van der Waals surface area contributed by atoms with Crippen LogP contribution in [0.25, 0.3) is 22.2 Å². The van der Waals surface area contributed by atoms with Gasteiger partial charge in [0.05, 0.1) is 11.2 Å². The molecule has 2 aromatic heterocycles. The molecule has 4 nitrogen and oxygen atoms in total. The van der Waals surface area contributed by atoms with Gasteiger partial charge in [-0.3, -0.25) is 4.68 Å². The first kappa shape index (κ1) is 9.15. The van der Waals surface area contributed by atoms with Crippen molar-refractivity contribution in [2.24, 2.45) is 7.05 Å². The lowest BCUT2D eigenvalue weighted by atomic mass is 10.1. The molecule has 0 bridgehead atoms. The summed E-state index contributed by atoms with van der Waals surface area (Å²) in [5, 5.41) is 9.31. The second-order valence-electron chi connectivity index (χ2n) is 3.91. The van der Waals surface area contributed by atoms with Crippen LogP contribution in [0.5, 0.6) is 0 Å². The summed E-state index contributed by atoms with van der Waals surface area (Å²) in [4.78, 5) is 0. The highest BCUT2D eigenvalue weighted by Crippen LogP contribution is 2.24. The molecule has 1 aromatic carbocycles. The Morgan fingerprint density at radius 3 is 2.88 bits per heavy atom.